The maximum absolute atomic E-state index is 11.8. The monoisotopic (exact) mass is 262 g/mol. The minimum atomic E-state index is -0.0702. The van der Waals surface area contributed by atoms with Crippen molar-refractivity contribution in [1.29, 1.82) is 0 Å². The number of imidazole rings is 1. The van der Waals surface area contributed by atoms with Gasteiger partial charge in [-0.1, -0.05) is 19.0 Å². The summed E-state index contributed by atoms with van der Waals surface area (Å²) >= 11 is 0. The van der Waals surface area contributed by atoms with Gasteiger partial charge < -0.3 is 9.09 Å². The van der Waals surface area contributed by atoms with Crippen molar-refractivity contribution in [3.05, 3.63) is 30.4 Å². The van der Waals surface area contributed by atoms with Crippen molar-refractivity contribution >= 4 is 11.9 Å². The van der Waals surface area contributed by atoms with Crippen LogP contribution in [0.2, 0.25) is 0 Å². The van der Waals surface area contributed by atoms with Gasteiger partial charge in [-0.15, -0.1) is 0 Å². The lowest BCUT2D eigenvalue weighted by atomic mass is 10.2. The predicted octanol–water partition coefficient (Wildman–Crippen LogP) is 2.10. The predicted molar refractivity (Wildman–Crippen MR) is 70.5 cm³/mol. The number of aromatic nitrogens is 3. The Bertz CT molecular complexity index is 516. The first kappa shape index (κ1) is 13.3. The Kier molecular flexibility index (Phi) is 4.33. The van der Waals surface area contributed by atoms with Crippen molar-refractivity contribution < 1.29 is 9.32 Å². The van der Waals surface area contributed by atoms with Crippen molar-refractivity contribution in [3.63, 3.8) is 0 Å². The highest BCUT2D eigenvalue weighted by Crippen LogP contribution is 2.09. The van der Waals surface area contributed by atoms with Crippen molar-refractivity contribution in [2.75, 3.05) is 5.32 Å². The summed E-state index contributed by atoms with van der Waals surface area (Å²) in [6.07, 6.45) is 5.99. The Hall–Kier alpha value is -2.11. The normalized spacial score (nSPS) is 10.9. The molecule has 0 atom stereocenters. The van der Waals surface area contributed by atoms with Gasteiger partial charge in [0.05, 0.1) is 5.69 Å². The molecule has 1 N–H and O–H groups in total. The number of carbonyl (C=O) groups is 1. The van der Waals surface area contributed by atoms with E-state index in [4.69, 9.17) is 4.52 Å². The molecule has 0 aliphatic carbocycles. The van der Waals surface area contributed by atoms with Crippen molar-refractivity contribution in [2.24, 2.45) is 5.92 Å². The van der Waals surface area contributed by atoms with Gasteiger partial charge >= 0.3 is 0 Å². The highest BCUT2D eigenvalue weighted by molar-refractivity contribution is 5.89. The van der Waals surface area contributed by atoms with Gasteiger partial charge in [-0.05, 0) is 5.92 Å². The van der Waals surface area contributed by atoms with E-state index in [1.54, 1.807) is 12.3 Å². The van der Waals surface area contributed by atoms with E-state index in [1.165, 1.54) is 6.26 Å². The SMILES string of the molecule is CC(C)Cn1ccnc1NC(=O)CCc1ccon1. The molecule has 2 aromatic heterocycles. The lowest BCUT2D eigenvalue weighted by Gasteiger charge is -2.10. The van der Waals surface area contributed by atoms with Gasteiger partial charge in [0, 0.05) is 37.8 Å². The molecule has 0 aromatic carbocycles. The van der Waals surface area contributed by atoms with E-state index < -0.39 is 0 Å². The standard InChI is InChI=1S/C13H18N4O2/c1-10(2)9-17-7-6-14-13(17)15-12(18)4-3-11-5-8-19-16-11/h5-8,10H,3-4,9H2,1-2H3,(H,14,15,18). The highest BCUT2D eigenvalue weighted by atomic mass is 16.5. The summed E-state index contributed by atoms with van der Waals surface area (Å²) in [4.78, 5) is 16.0. The Morgan fingerprint density at radius 2 is 2.37 bits per heavy atom. The van der Waals surface area contributed by atoms with Gasteiger partial charge in [-0.2, -0.15) is 0 Å². The zero-order chi connectivity index (χ0) is 13.7. The Labute approximate surface area is 111 Å². The molecule has 0 aliphatic heterocycles. The molecule has 0 saturated carbocycles. The van der Waals surface area contributed by atoms with E-state index in [1.807, 2.05) is 10.8 Å². The molecule has 19 heavy (non-hydrogen) atoms. The van der Waals surface area contributed by atoms with Crippen LogP contribution in [0.3, 0.4) is 0 Å². The first-order valence-electron chi connectivity index (χ1n) is 6.35. The van der Waals surface area contributed by atoms with E-state index in [0.29, 0.717) is 24.7 Å². The molecular weight excluding hydrogens is 244 g/mol. The summed E-state index contributed by atoms with van der Waals surface area (Å²) in [5.74, 6) is 1.03. The number of anilines is 1. The lowest BCUT2D eigenvalue weighted by molar-refractivity contribution is -0.116. The maximum atomic E-state index is 11.8. The fourth-order valence-corrected chi connectivity index (χ4v) is 1.77. The quantitative estimate of drug-likeness (QED) is 0.865. The lowest BCUT2D eigenvalue weighted by Crippen LogP contribution is -2.17. The largest absolute Gasteiger partial charge is 0.365 e. The van der Waals surface area contributed by atoms with E-state index in [2.05, 4.69) is 29.3 Å². The first-order valence-corrected chi connectivity index (χ1v) is 6.35. The number of aryl methyl sites for hydroxylation is 1. The van der Waals surface area contributed by atoms with E-state index in [9.17, 15) is 4.79 Å². The molecule has 0 unspecified atom stereocenters. The molecule has 2 aromatic rings. The molecular formula is C13H18N4O2. The summed E-state index contributed by atoms with van der Waals surface area (Å²) < 4.78 is 6.66. The zero-order valence-corrected chi connectivity index (χ0v) is 11.2. The van der Waals surface area contributed by atoms with Crippen LogP contribution in [0.5, 0.6) is 0 Å². The Morgan fingerprint density at radius 3 is 3.05 bits per heavy atom. The number of nitrogens with zero attached hydrogens (tertiary/aromatic N) is 3. The molecule has 0 spiro atoms. The van der Waals surface area contributed by atoms with Gasteiger partial charge in [0.15, 0.2) is 0 Å². The van der Waals surface area contributed by atoms with Gasteiger partial charge in [0.1, 0.15) is 6.26 Å². The van der Waals surface area contributed by atoms with Crippen molar-refractivity contribution in [3.8, 4) is 0 Å². The maximum Gasteiger partial charge on any atom is 0.227 e. The first-order chi connectivity index (χ1) is 9.15. The van der Waals surface area contributed by atoms with Crippen LogP contribution in [0.4, 0.5) is 5.95 Å². The van der Waals surface area contributed by atoms with Crippen LogP contribution in [0.15, 0.2) is 29.2 Å². The average molecular weight is 262 g/mol. The van der Waals surface area contributed by atoms with Gasteiger partial charge in [0.25, 0.3) is 0 Å². The Morgan fingerprint density at radius 1 is 1.53 bits per heavy atom. The second-order valence-corrected chi connectivity index (χ2v) is 4.84. The van der Waals surface area contributed by atoms with Crippen LogP contribution in [0.1, 0.15) is 26.0 Å². The molecule has 2 heterocycles. The highest BCUT2D eigenvalue weighted by Gasteiger charge is 2.09. The summed E-state index contributed by atoms with van der Waals surface area (Å²) in [7, 11) is 0. The number of nitrogens with one attached hydrogen (secondary N) is 1. The van der Waals surface area contributed by atoms with Crippen molar-refractivity contribution in [2.45, 2.75) is 33.2 Å². The van der Waals surface area contributed by atoms with Crippen molar-refractivity contribution in [1.82, 2.24) is 14.7 Å². The van der Waals surface area contributed by atoms with Crippen LogP contribution in [0, 0.1) is 5.92 Å². The summed E-state index contributed by atoms with van der Waals surface area (Å²) in [5, 5.41) is 6.58. The molecule has 6 nitrogen and oxygen atoms in total. The number of hydrogen-bond donors (Lipinski definition) is 1. The zero-order valence-electron chi connectivity index (χ0n) is 11.2. The number of hydrogen-bond acceptors (Lipinski definition) is 4. The second kappa shape index (κ2) is 6.17. The average Bonchev–Trinajstić information content (AvgIpc) is 2.98. The minimum absolute atomic E-state index is 0.0702. The van der Waals surface area contributed by atoms with Crippen LogP contribution < -0.4 is 5.32 Å². The molecule has 102 valence electrons. The molecule has 1 amide bonds. The topological polar surface area (TPSA) is 73.0 Å². The third kappa shape index (κ3) is 3.94. The number of rotatable bonds is 6. The van der Waals surface area contributed by atoms with E-state index >= 15 is 0 Å². The Balaban J connectivity index is 1.86. The van der Waals surface area contributed by atoms with Crippen LogP contribution in [0.25, 0.3) is 0 Å². The van der Waals surface area contributed by atoms with E-state index in [-0.39, 0.29) is 5.91 Å². The smallest absolute Gasteiger partial charge is 0.227 e. The van der Waals surface area contributed by atoms with Gasteiger partial charge in [-0.25, -0.2) is 4.98 Å². The second-order valence-electron chi connectivity index (χ2n) is 4.84. The minimum Gasteiger partial charge on any atom is -0.365 e. The van der Waals surface area contributed by atoms with Crippen LogP contribution >= 0.6 is 0 Å². The van der Waals surface area contributed by atoms with Crippen LogP contribution in [-0.4, -0.2) is 20.6 Å². The van der Waals surface area contributed by atoms with Gasteiger partial charge in [-0.3, -0.25) is 10.1 Å². The molecule has 0 fully saturated rings. The number of amides is 1. The molecule has 6 heteroatoms. The fraction of sp³-hybridized carbons (Fsp3) is 0.462. The number of carbonyl (C=O) groups excluding carboxylic acids is 1. The molecule has 0 bridgehead atoms. The third-order valence-corrected chi connectivity index (χ3v) is 2.63. The molecule has 0 radical (unpaired) electrons. The summed E-state index contributed by atoms with van der Waals surface area (Å²) in [6.45, 7) is 5.07. The van der Waals surface area contributed by atoms with E-state index in [0.717, 1.165) is 12.2 Å². The molecule has 0 aliphatic rings. The fourth-order valence-electron chi connectivity index (χ4n) is 1.77. The summed E-state index contributed by atoms with van der Waals surface area (Å²) in [5.41, 5.74) is 0.778. The molecule has 2 rings (SSSR count). The van der Waals surface area contributed by atoms with Gasteiger partial charge in [0.2, 0.25) is 11.9 Å². The summed E-state index contributed by atoms with van der Waals surface area (Å²) in [6, 6.07) is 1.76. The van der Waals surface area contributed by atoms with Crippen LogP contribution in [-0.2, 0) is 17.8 Å². The molecule has 0 saturated heterocycles. The third-order valence-electron chi connectivity index (χ3n) is 2.63.